The van der Waals surface area contributed by atoms with Crippen molar-refractivity contribution in [1.29, 1.82) is 0 Å². The molecule has 0 N–H and O–H groups in total. The van der Waals surface area contributed by atoms with Crippen LogP contribution in [0.2, 0.25) is 0 Å². The predicted molar refractivity (Wildman–Crippen MR) is 89.9 cm³/mol. The van der Waals surface area contributed by atoms with E-state index in [1.807, 2.05) is 24.3 Å². The fraction of sp³-hybridized carbons (Fsp3) is 0.158. The second kappa shape index (κ2) is 6.58. The first-order valence-electron chi connectivity index (χ1n) is 7.40. The van der Waals surface area contributed by atoms with Crippen LogP contribution in [0.5, 0.6) is 11.5 Å². The Labute approximate surface area is 138 Å². The number of hydrogen-bond donors (Lipinski definition) is 0. The van der Waals surface area contributed by atoms with Crippen LogP contribution in [-0.2, 0) is 6.61 Å². The summed E-state index contributed by atoms with van der Waals surface area (Å²) in [5.74, 6) is 1.58. The lowest BCUT2D eigenvalue weighted by Crippen LogP contribution is -2.04. The van der Waals surface area contributed by atoms with Gasteiger partial charge < -0.3 is 13.9 Å². The molecule has 0 saturated heterocycles. The minimum Gasteiger partial charge on any atom is -0.497 e. The van der Waals surface area contributed by atoms with Crippen LogP contribution in [0.15, 0.2) is 51.7 Å². The molecular formula is C19H16O5. The highest BCUT2D eigenvalue weighted by Gasteiger charge is 2.13. The van der Waals surface area contributed by atoms with Gasteiger partial charge in [-0.05, 0) is 36.8 Å². The van der Waals surface area contributed by atoms with E-state index in [4.69, 9.17) is 13.9 Å². The van der Waals surface area contributed by atoms with E-state index in [2.05, 4.69) is 0 Å². The van der Waals surface area contributed by atoms with E-state index in [-0.39, 0.29) is 23.2 Å². The van der Waals surface area contributed by atoms with Gasteiger partial charge in [0.05, 0.1) is 18.1 Å². The van der Waals surface area contributed by atoms with E-state index in [0.717, 1.165) is 11.3 Å². The van der Waals surface area contributed by atoms with Crippen molar-refractivity contribution in [2.24, 2.45) is 0 Å². The summed E-state index contributed by atoms with van der Waals surface area (Å²) < 4.78 is 16.4. The zero-order valence-electron chi connectivity index (χ0n) is 13.4. The number of methoxy groups -OCH3 is 1. The Morgan fingerprint density at radius 1 is 1.12 bits per heavy atom. The Morgan fingerprint density at radius 2 is 1.88 bits per heavy atom. The molecule has 1 heterocycles. The van der Waals surface area contributed by atoms with E-state index in [1.54, 1.807) is 26.2 Å². The second-order valence-electron chi connectivity index (χ2n) is 5.33. The van der Waals surface area contributed by atoms with Crippen LogP contribution >= 0.6 is 0 Å². The molecule has 0 bridgehead atoms. The minimum absolute atomic E-state index is 0.182. The van der Waals surface area contributed by atoms with Gasteiger partial charge in [-0.2, -0.15) is 0 Å². The van der Waals surface area contributed by atoms with Gasteiger partial charge in [0.15, 0.2) is 17.3 Å². The SMILES string of the molecule is COc1ccc(COc2ccc3c(=O)cc(C)oc3c2C=O)cc1. The number of carbonyl (C=O) groups excluding carboxylic acids is 1. The molecule has 0 unspecified atom stereocenters. The molecule has 5 nitrogen and oxygen atoms in total. The summed E-state index contributed by atoms with van der Waals surface area (Å²) in [4.78, 5) is 23.5. The third-order valence-electron chi connectivity index (χ3n) is 3.69. The molecule has 0 aliphatic carbocycles. The van der Waals surface area contributed by atoms with Gasteiger partial charge >= 0.3 is 0 Å². The zero-order valence-corrected chi connectivity index (χ0v) is 13.4. The molecule has 0 aliphatic heterocycles. The molecule has 122 valence electrons. The number of ether oxygens (including phenoxy) is 2. The van der Waals surface area contributed by atoms with Gasteiger partial charge in [-0.15, -0.1) is 0 Å². The molecular weight excluding hydrogens is 308 g/mol. The Kier molecular flexibility index (Phi) is 4.33. The van der Waals surface area contributed by atoms with E-state index in [1.165, 1.54) is 6.07 Å². The highest BCUT2D eigenvalue weighted by atomic mass is 16.5. The first kappa shape index (κ1) is 15.8. The summed E-state index contributed by atoms with van der Waals surface area (Å²) in [6.45, 7) is 1.95. The van der Waals surface area contributed by atoms with Gasteiger partial charge in [0.25, 0.3) is 0 Å². The lowest BCUT2D eigenvalue weighted by molar-refractivity contribution is 0.111. The van der Waals surface area contributed by atoms with Crippen molar-refractivity contribution in [3.8, 4) is 11.5 Å². The zero-order chi connectivity index (χ0) is 17.1. The van der Waals surface area contributed by atoms with Crippen molar-refractivity contribution in [2.45, 2.75) is 13.5 Å². The molecule has 0 spiro atoms. The van der Waals surface area contributed by atoms with Crippen molar-refractivity contribution in [3.05, 3.63) is 69.6 Å². The summed E-state index contributed by atoms with van der Waals surface area (Å²) in [6.07, 6.45) is 0.647. The van der Waals surface area contributed by atoms with Gasteiger partial charge in [-0.1, -0.05) is 12.1 Å². The topological polar surface area (TPSA) is 65.7 Å². The molecule has 3 aromatic rings. The van der Waals surface area contributed by atoms with Gasteiger partial charge in [-0.3, -0.25) is 9.59 Å². The van der Waals surface area contributed by atoms with E-state index in [9.17, 15) is 9.59 Å². The van der Waals surface area contributed by atoms with Crippen molar-refractivity contribution in [1.82, 2.24) is 0 Å². The summed E-state index contributed by atoms with van der Waals surface area (Å²) in [5.41, 5.74) is 1.24. The van der Waals surface area contributed by atoms with Crippen LogP contribution < -0.4 is 14.9 Å². The highest BCUT2D eigenvalue weighted by molar-refractivity contribution is 5.97. The van der Waals surface area contributed by atoms with Crippen LogP contribution in [0.4, 0.5) is 0 Å². The van der Waals surface area contributed by atoms with Gasteiger partial charge in [0, 0.05) is 6.07 Å². The number of fused-ring (bicyclic) bond motifs is 1. The maximum absolute atomic E-state index is 12.0. The molecule has 3 rings (SSSR count). The average Bonchev–Trinajstić information content (AvgIpc) is 2.59. The normalized spacial score (nSPS) is 10.6. The van der Waals surface area contributed by atoms with Gasteiger partial charge in [0.2, 0.25) is 0 Å². The average molecular weight is 324 g/mol. The van der Waals surface area contributed by atoms with Crippen LogP contribution in [0, 0.1) is 6.92 Å². The van der Waals surface area contributed by atoms with E-state index >= 15 is 0 Å². The third kappa shape index (κ3) is 3.01. The molecule has 5 heteroatoms. The number of aldehydes is 1. The van der Waals surface area contributed by atoms with Crippen LogP contribution in [0.1, 0.15) is 21.7 Å². The summed E-state index contributed by atoms with van der Waals surface area (Å²) in [5, 5.41) is 0.361. The monoisotopic (exact) mass is 324 g/mol. The van der Waals surface area contributed by atoms with Crippen LogP contribution in [0.3, 0.4) is 0 Å². The van der Waals surface area contributed by atoms with Crippen molar-refractivity contribution >= 4 is 17.3 Å². The molecule has 0 radical (unpaired) electrons. The van der Waals surface area contributed by atoms with Crippen LogP contribution in [0.25, 0.3) is 11.0 Å². The highest BCUT2D eigenvalue weighted by Crippen LogP contribution is 2.26. The summed E-state index contributed by atoms with van der Waals surface area (Å²) in [7, 11) is 1.60. The molecule has 24 heavy (non-hydrogen) atoms. The number of aryl methyl sites for hydroxylation is 1. The number of benzene rings is 2. The maximum atomic E-state index is 12.0. The van der Waals surface area contributed by atoms with Gasteiger partial charge in [-0.25, -0.2) is 0 Å². The maximum Gasteiger partial charge on any atom is 0.192 e. The molecule has 0 saturated carbocycles. The smallest absolute Gasteiger partial charge is 0.192 e. The first-order chi connectivity index (χ1) is 11.6. The fourth-order valence-electron chi connectivity index (χ4n) is 2.46. The first-order valence-corrected chi connectivity index (χ1v) is 7.40. The quantitative estimate of drug-likeness (QED) is 0.672. The number of carbonyl (C=O) groups is 1. The van der Waals surface area contributed by atoms with Crippen molar-refractivity contribution in [2.75, 3.05) is 7.11 Å². The van der Waals surface area contributed by atoms with Crippen LogP contribution in [-0.4, -0.2) is 13.4 Å². The van der Waals surface area contributed by atoms with Crippen molar-refractivity contribution < 1.29 is 18.7 Å². The number of rotatable bonds is 5. The predicted octanol–water partition coefficient (Wildman–Crippen LogP) is 3.50. The minimum atomic E-state index is -0.182. The standard InChI is InChI=1S/C19H16O5/c1-12-9-17(21)15-7-8-18(16(10-20)19(15)24-12)23-11-13-3-5-14(22-2)6-4-13/h3-10H,11H2,1-2H3. The largest absolute Gasteiger partial charge is 0.497 e. The molecule has 0 amide bonds. The summed E-state index contributed by atoms with van der Waals surface area (Å²) >= 11 is 0. The Balaban J connectivity index is 1.94. The van der Waals surface area contributed by atoms with Gasteiger partial charge in [0.1, 0.15) is 23.9 Å². The Bertz CT molecular complexity index is 938. The molecule has 0 aliphatic rings. The van der Waals surface area contributed by atoms with Crippen molar-refractivity contribution in [3.63, 3.8) is 0 Å². The molecule has 2 aromatic carbocycles. The third-order valence-corrected chi connectivity index (χ3v) is 3.69. The molecule has 0 atom stereocenters. The molecule has 0 fully saturated rings. The van der Waals surface area contributed by atoms with E-state index < -0.39 is 0 Å². The fourth-order valence-corrected chi connectivity index (χ4v) is 2.46. The second-order valence-corrected chi connectivity index (χ2v) is 5.33. The lowest BCUT2D eigenvalue weighted by Gasteiger charge is -2.10. The molecule has 1 aromatic heterocycles. The number of hydrogen-bond acceptors (Lipinski definition) is 5. The lowest BCUT2D eigenvalue weighted by atomic mass is 10.1. The van der Waals surface area contributed by atoms with E-state index in [0.29, 0.717) is 23.2 Å². The Hall–Kier alpha value is -3.08. The summed E-state index contributed by atoms with van der Waals surface area (Å²) in [6, 6.07) is 12.0. The Morgan fingerprint density at radius 3 is 2.54 bits per heavy atom.